The number of hydrogen-bond donors (Lipinski definition) is 2. The van der Waals surface area contributed by atoms with E-state index in [2.05, 4.69) is 31.4 Å². The number of pyridine rings is 1. The zero-order valence-electron chi connectivity index (χ0n) is 15.4. The van der Waals surface area contributed by atoms with Crippen LogP contribution in [0.25, 0.3) is 0 Å². The third-order valence-electron chi connectivity index (χ3n) is 3.89. The number of carbonyl (C=O) groups is 1. The van der Waals surface area contributed by atoms with Crippen LogP contribution in [0.4, 0.5) is 11.5 Å². The molecule has 2 aromatic carbocycles. The maximum absolute atomic E-state index is 11.0. The summed E-state index contributed by atoms with van der Waals surface area (Å²) >= 11 is 3.42. The molecule has 10 heteroatoms. The van der Waals surface area contributed by atoms with Gasteiger partial charge in [-0.3, -0.25) is 15.5 Å². The van der Waals surface area contributed by atoms with Crippen LogP contribution in [0.5, 0.6) is 5.75 Å². The fraction of sp³-hybridized carbons (Fsp3) is 0.0500. The summed E-state index contributed by atoms with van der Waals surface area (Å²) in [6.07, 6.45) is 2.92. The normalized spacial score (nSPS) is 10.7. The highest BCUT2D eigenvalue weighted by Crippen LogP contribution is 2.26. The number of nitrogens with one attached hydrogen (secondary N) is 1. The van der Waals surface area contributed by atoms with Crippen molar-refractivity contribution in [2.45, 2.75) is 6.61 Å². The number of hydrogen-bond acceptors (Lipinski definition) is 7. The number of hydrazone groups is 1. The van der Waals surface area contributed by atoms with Crippen molar-refractivity contribution in [3.8, 4) is 5.75 Å². The zero-order chi connectivity index (χ0) is 21.5. The van der Waals surface area contributed by atoms with Crippen LogP contribution in [0.2, 0.25) is 0 Å². The molecule has 0 fully saturated rings. The molecule has 0 aliphatic rings. The van der Waals surface area contributed by atoms with Gasteiger partial charge in [0.2, 0.25) is 5.82 Å². The molecule has 3 rings (SSSR count). The van der Waals surface area contributed by atoms with Gasteiger partial charge in [0.15, 0.2) is 0 Å². The number of anilines is 1. The number of halogens is 1. The first kappa shape index (κ1) is 20.9. The quantitative estimate of drug-likeness (QED) is 0.282. The molecule has 1 heterocycles. The number of benzene rings is 2. The molecule has 0 amide bonds. The lowest BCUT2D eigenvalue weighted by molar-refractivity contribution is -0.384. The van der Waals surface area contributed by atoms with Gasteiger partial charge < -0.3 is 9.84 Å². The summed E-state index contributed by atoms with van der Waals surface area (Å²) in [5.41, 5.74) is 4.03. The van der Waals surface area contributed by atoms with Gasteiger partial charge in [-0.1, -0.05) is 12.1 Å². The number of rotatable bonds is 8. The van der Waals surface area contributed by atoms with E-state index in [4.69, 9.17) is 9.84 Å². The van der Waals surface area contributed by atoms with Crippen LogP contribution in [0.3, 0.4) is 0 Å². The summed E-state index contributed by atoms with van der Waals surface area (Å²) < 4.78 is 6.41. The predicted octanol–water partition coefficient (Wildman–Crippen LogP) is 4.48. The molecule has 0 aliphatic heterocycles. The molecule has 9 nitrogen and oxygen atoms in total. The van der Waals surface area contributed by atoms with Gasteiger partial charge in [-0.15, -0.1) is 0 Å². The van der Waals surface area contributed by atoms with Gasteiger partial charge in [0.25, 0.3) is 0 Å². The molecular weight excluding hydrogens is 456 g/mol. The largest absolute Gasteiger partial charge is 0.488 e. The summed E-state index contributed by atoms with van der Waals surface area (Å²) in [4.78, 5) is 25.4. The third-order valence-corrected chi connectivity index (χ3v) is 4.51. The van der Waals surface area contributed by atoms with Gasteiger partial charge in [0.1, 0.15) is 12.4 Å². The van der Waals surface area contributed by atoms with E-state index >= 15 is 0 Å². The van der Waals surface area contributed by atoms with E-state index in [0.717, 1.165) is 5.56 Å². The topological polar surface area (TPSA) is 127 Å². The molecule has 3 aromatic rings. The monoisotopic (exact) mass is 470 g/mol. The molecule has 2 N–H and O–H groups in total. The van der Waals surface area contributed by atoms with Crippen molar-refractivity contribution >= 4 is 39.6 Å². The molecule has 30 heavy (non-hydrogen) atoms. The van der Waals surface area contributed by atoms with Gasteiger partial charge in [-0.2, -0.15) is 5.10 Å². The fourth-order valence-corrected chi connectivity index (χ4v) is 2.98. The van der Waals surface area contributed by atoms with E-state index in [1.165, 1.54) is 30.6 Å². The van der Waals surface area contributed by atoms with E-state index in [-0.39, 0.29) is 23.7 Å². The summed E-state index contributed by atoms with van der Waals surface area (Å²) in [6, 6.07) is 14.6. The molecule has 0 bridgehead atoms. The molecule has 0 unspecified atom stereocenters. The molecule has 1 aromatic heterocycles. The molecule has 152 valence electrons. The first-order valence-electron chi connectivity index (χ1n) is 8.57. The smallest absolute Gasteiger partial charge is 0.335 e. The van der Waals surface area contributed by atoms with Gasteiger partial charge in [0.05, 0.1) is 21.2 Å². The van der Waals surface area contributed by atoms with Gasteiger partial charge in [-0.05, 0) is 63.5 Å². The van der Waals surface area contributed by atoms with Crippen molar-refractivity contribution in [1.82, 2.24) is 4.98 Å². The van der Waals surface area contributed by atoms with E-state index < -0.39 is 10.9 Å². The maximum Gasteiger partial charge on any atom is 0.335 e. The number of carboxylic acid groups (broad SMARTS) is 1. The Morgan fingerprint density at radius 1 is 1.27 bits per heavy atom. The number of ether oxygens (including phenoxy) is 1. The number of aromatic carboxylic acids is 1. The Hall–Kier alpha value is -3.79. The van der Waals surface area contributed by atoms with Crippen molar-refractivity contribution in [3.05, 3.63) is 92.1 Å². The number of carboxylic acids is 1. The second kappa shape index (κ2) is 9.61. The Morgan fingerprint density at radius 3 is 2.83 bits per heavy atom. The summed E-state index contributed by atoms with van der Waals surface area (Å²) in [5.74, 6) is -0.381. The number of nitrogens with zero attached hydrogens (tertiary/aromatic N) is 3. The van der Waals surface area contributed by atoms with Crippen LogP contribution in [0, 0.1) is 10.1 Å². The second-order valence-electron chi connectivity index (χ2n) is 5.98. The third kappa shape index (κ3) is 5.39. The lowest BCUT2D eigenvalue weighted by Gasteiger charge is -2.09. The first-order chi connectivity index (χ1) is 14.4. The molecule has 0 saturated heterocycles. The lowest BCUT2D eigenvalue weighted by Crippen LogP contribution is -2.01. The van der Waals surface area contributed by atoms with E-state index in [9.17, 15) is 14.9 Å². The highest BCUT2D eigenvalue weighted by molar-refractivity contribution is 9.10. The van der Waals surface area contributed by atoms with Crippen molar-refractivity contribution in [2.75, 3.05) is 5.43 Å². The average Bonchev–Trinajstić information content (AvgIpc) is 2.73. The van der Waals surface area contributed by atoms with Crippen LogP contribution in [-0.4, -0.2) is 27.2 Å². The average molecular weight is 471 g/mol. The minimum atomic E-state index is -0.994. The Bertz CT molecular complexity index is 1120. The van der Waals surface area contributed by atoms with Crippen LogP contribution >= 0.6 is 15.9 Å². The lowest BCUT2D eigenvalue weighted by atomic mass is 10.1. The Labute approximate surface area is 179 Å². The van der Waals surface area contributed by atoms with Crippen molar-refractivity contribution in [1.29, 1.82) is 0 Å². The summed E-state index contributed by atoms with van der Waals surface area (Å²) in [6.45, 7) is 0.206. The van der Waals surface area contributed by atoms with E-state index in [1.54, 1.807) is 36.4 Å². The van der Waals surface area contributed by atoms with E-state index in [0.29, 0.717) is 15.8 Å². The SMILES string of the molecule is O=C(O)c1cccc(COc2ccc(/C=N\Nc3ncccc3[N+](=O)[O-])cc2Br)c1. The molecule has 0 aliphatic carbocycles. The number of aromatic nitrogens is 1. The van der Waals surface area contributed by atoms with Gasteiger partial charge in [-0.25, -0.2) is 9.78 Å². The standard InChI is InChI=1S/C20H15BrN4O5/c21-16-10-13(11-23-24-19-17(25(28)29)5-2-8-22-19)6-7-18(16)30-12-14-3-1-4-15(9-14)20(26)27/h1-11H,12H2,(H,22,24)(H,26,27)/b23-11-. The highest BCUT2D eigenvalue weighted by atomic mass is 79.9. The summed E-state index contributed by atoms with van der Waals surface area (Å²) in [7, 11) is 0. The first-order valence-corrected chi connectivity index (χ1v) is 9.36. The maximum atomic E-state index is 11.0. The predicted molar refractivity (Wildman–Crippen MR) is 114 cm³/mol. The molecular formula is C20H15BrN4O5. The Balaban J connectivity index is 1.64. The number of nitro groups is 1. The van der Waals surface area contributed by atoms with E-state index in [1.807, 2.05) is 0 Å². The second-order valence-corrected chi connectivity index (χ2v) is 6.84. The fourth-order valence-electron chi connectivity index (χ4n) is 2.47. The molecule has 0 radical (unpaired) electrons. The molecule has 0 spiro atoms. The summed E-state index contributed by atoms with van der Waals surface area (Å²) in [5, 5.41) is 24.0. The Morgan fingerprint density at radius 2 is 2.10 bits per heavy atom. The Kier molecular flexibility index (Phi) is 6.71. The van der Waals surface area contributed by atoms with Crippen LogP contribution in [0.15, 0.2) is 70.4 Å². The van der Waals surface area contributed by atoms with Crippen molar-refractivity contribution in [2.24, 2.45) is 5.10 Å². The minimum absolute atomic E-state index is 0.0429. The zero-order valence-corrected chi connectivity index (χ0v) is 16.9. The van der Waals surface area contributed by atoms with Crippen molar-refractivity contribution < 1.29 is 19.6 Å². The minimum Gasteiger partial charge on any atom is -0.488 e. The van der Waals surface area contributed by atoms with Crippen LogP contribution in [0.1, 0.15) is 21.5 Å². The van der Waals surface area contributed by atoms with Gasteiger partial charge in [0, 0.05) is 12.3 Å². The van der Waals surface area contributed by atoms with Gasteiger partial charge >= 0.3 is 11.7 Å². The highest BCUT2D eigenvalue weighted by Gasteiger charge is 2.13. The van der Waals surface area contributed by atoms with Crippen LogP contribution in [-0.2, 0) is 6.61 Å². The molecule has 0 saturated carbocycles. The van der Waals surface area contributed by atoms with Crippen LogP contribution < -0.4 is 10.2 Å². The molecule has 0 atom stereocenters. The van der Waals surface area contributed by atoms with Crippen molar-refractivity contribution in [3.63, 3.8) is 0 Å².